The van der Waals surface area contributed by atoms with Crippen LogP contribution < -0.4 is 15.4 Å². The summed E-state index contributed by atoms with van der Waals surface area (Å²) in [5, 5.41) is 6.79. The second-order valence-corrected chi connectivity index (χ2v) is 7.49. The summed E-state index contributed by atoms with van der Waals surface area (Å²) < 4.78 is 5.59. The van der Waals surface area contributed by atoms with E-state index in [0.717, 1.165) is 30.9 Å². The lowest BCUT2D eigenvalue weighted by Crippen LogP contribution is -2.42. The highest BCUT2D eigenvalue weighted by Crippen LogP contribution is 2.14. The van der Waals surface area contributed by atoms with Crippen molar-refractivity contribution in [3.8, 4) is 5.75 Å². The molecule has 0 heterocycles. The van der Waals surface area contributed by atoms with E-state index in [2.05, 4.69) is 48.7 Å². The van der Waals surface area contributed by atoms with Crippen LogP contribution in [0.4, 0.5) is 0 Å². The van der Waals surface area contributed by atoms with Gasteiger partial charge in [-0.3, -0.25) is 4.79 Å². The molecular formula is C24H35IN4O2. The van der Waals surface area contributed by atoms with Gasteiger partial charge in [0, 0.05) is 26.7 Å². The van der Waals surface area contributed by atoms with Crippen LogP contribution in [0.5, 0.6) is 5.75 Å². The third kappa shape index (κ3) is 10.5. The lowest BCUT2D eigenvalue weighted by Gasteiger charge is -2.18. The zero-order valence-electron chi connectivity index (χ0n) is 18.9. The van der Waals surface area contributed by atoms with Gasteiger partial charge in [0.1, 0.15) is 5.75 Å². The molecule has 7 heteroatoms. The second-order valence-electron chi connectivity index (χ2n) is 7.49. The Labute approximate surface area is 203 Å². The van der Waals surface area contributed by atoms with E-state index in [1.165, 1.54) is 10.5 Å². The highest BCUT2D eigenvalue weighted by Gasteiger charge is 2.07. The molecule has 0 saturated carbocycles. The average molecular weight is 538 g/mol. The number of halogens is 1. The molecule has 0 aromatic heterocycles. The molecule has 0 radical (unpaired) electrons. The van der Waals surface area contributed by atoms with E-state index in [4.69, 9.17) is 9.73 Å². The summed E-state index contributed by atoms with van der Waals surface area (Å²) in [6.45, 7) is 5.59. The number of rotatable bonds is 10. The topological polar surface area (TPSA) is 66.0 Å². The third-order valence-electron chi connectivity index (χ3n) is 4.62. The number of nitrogens with zero attached hydrogens (tertiary/aromatic N) is 2. The maximum atomic E-state index is 11.7. The van der Waals surface area contributed by atoms with Crippen LogP contribution in [0.15, 0.2) is 59.6 Å². The maximum Gasteiger partial charge on any atom is 0.259 e. The van der Waals surface area contributed by atoms with Gasteiger partial charge >= 0.3 is 0 Å². The summed E-state index contributed by atoms with van der Waals surface area (Å²) in [6, 6.07) is 18.5. The van der Waals surface area contributed by atoms with E-state index in [9.17, 15) is 4.79 Å². The maximum absolute atomic E-state index is 11.7. The van der Waals surface area contributed by atoms with Crippen molar-refractivity contribution in [1.82, 2.24) is 15.5 Å². The molecule has 0 aliphatic carbocycles. The number of hydrogen-bond acceptors (Lipinski definition) is 3. The minimum absolute atomic E-state index is 0. The number of aliphatic imine (C=N–C) groups is 1. The summed E-state index contributed by atoms with van der Waals surface area (Å²) in [5.74, 6) is 1.40. The molecule has 0 spiro atoms. The van der Waals surface area contributed by atoms with Gasteiger partial charge in [-0.05, 0) is 49.9 Å². The van der Waals surface area contributed by atoms with Crippen LogP contribution in [-0.4, -0.2) is 50.1 Å². The average Bonchev–Trinajstić information content (AvgIpc) is 2.75. The molecule has 0 saturated heterocycles. The largest absolute Gasteiger partial charge is 0.484 e. The monoisotopic (exact) mass is 538 g/mol. The Morgan fingerprint density at radius 2 is 1.81 bits per heavy atom. The molecule has 1 amide bonds. The number of benzene rings is 2. The summed E-state index contributed by atoms with van der Waals surface area (Å²) in [6.07, 6.45) is 2.05. The van der Waals surface area contributed by atoms with E-state index in [-0.39, 0.29) is 36.5 Å². The Hall–Kier alpha value is -2.29. The normalized spacial score (nSPS) is 11.8. The van der Waals surface area contributed by atoms with Gasteiger partial charge in [-0.1, -0.05) is 42.5 Å². The fraction of sp³-hybridized carbons (Fsp3) is 0.417. The minimum Gasteiger partial charge on any atom is -0.484 e. The Balaban J connectivity index is 0.00000480. The molecule has 0 aliphatic heterocycles. The number of nitrogens with one attached hydrogen (secondary N) is 2. The van der Waals surface area contributed by atoms with Crippen LogP contribution in [0.25, 0.3) is 0 Å². The zero-order chi connectivity index (χ0) is 21.8. The first-order valence-electron chi connectivity index (χ1n) is 10.5. The van der Waals surface area contributed by atoms with Gasteiger partial charge in [0.15, 0.2) is 12.6 Å². The summed E-state index contributed by atoms with van der Waals surface area (Å²) in [4.78, 5) is 17.9. The fourth-order valence-electron chi connectivity index (χ4n) is 2.83. The molecule has 2 rings (SSSR count). The SMILES string of the molecule is CCNC(=NCc1cccc(OCC(=O)N(C)C)c1)NC(C)CCc1ccccc1.I. The van der Waals surface area contributed by atoms with Crippen molar-refractivity contribution in [1.29, 1.82) is 0 Å². The summed E-state index contributed by atoms with van der Waals surface area (Å²) in [7, 11) is 3.43. The van der Waals surface area contributed by atoms with Crippen molar-refractivity contribution in [3.63, 3.8) is 0 Å². The first-order valence-corrected chi connectivity index (χ1v) is 10.5. The molecule has 0 bridgehead atoms. The molecule has 1 atom stereocenters. The predicted molar refractivity (Wildman–Crippen MR) is 138 cm³/mol. The van der Waals surface area contributed by atoms with E-state index >= 15 is 0 Å². The number of likely N-dealkylation sites (N-methyl/N-ethyl adjacent to an activating group) is 1. The van der Waals surface area contributed by atoms with Crippen molar-refractivity contribution in [2.24, 2.45) is 4.99 Å². The van der Waals surface area contributed by atoms with Gasteiger partial charge in [-0.15, -0.1) is 24.0 Å². The Kier molecular flexibility index (Phi) is 12.7. The van der Waals surface area contributed by atoms with E-state index in [0.29, 0.717) is 18.3 Å². The van der Waals surface area contributed by atoms with Crippen molar-refractivity contribution in [2.75, 3.05) is 27.2 Å². The Morgan fingerprint density at radius 3 is 2.48 bits per heavy atom. The second kappa shape index (κ2) is 14.7. The van der Waals surface area contributed by atoms with Crippen molar-refractivity contribution < 1.29 is 9.53 Å². The van der Waals surface area contributed by atoms with E-state index < -0.39 is 0 Å². The van der Waals surface area contributed by atoms with Gasteiger partial charge in [-0.2, -0.15) is 0 Å². The zero-order valence-corrected chi connectivity index (χ0v) is 21.3. The predicted octanol–water partition coefficient (Wildman–Crippen LogP) is 3.85. The summed E-state index contributed by atoms with van der Waals surface area (Å²) in [5.41, 5.74) is 2.37. The van der Waals surface area contributed by atoms with Crippen molar-refractivity contribution in [2.45, 2.75) is 39.3 Å². The number of ether oxygens (including phenoxy) is 1. The molecule has 2 aromatic rings. The molecule has 31 heavy (non-hydrogen) atoms. The Morgan fingerprint density at radius 1 is 1.10 bits per heavy atom. The first kappa shape index (κ1) is 26.7. The standard InChI is InChI=1S/C24H34N4O2.HI/c1-5-25-24(27-19(2)14-15-20-10-7-6-8-11-20)26-17-21-12-9-13-22(16-21)30-18-23(29)28(3)4;/h6-13,16,19H,5,14-15,17-18H2,1-4H3,(H2,25,26,27);1H. The minimum atomic E-state index is -0.0680. The van der Waals surface area contributed by atoms with E-state index in [1.807, 2.05) is 30.3 Å². The highest BCUT2D eigenvalue weighted by atomic mass is 127. The molecule has 2 aromatic carbocycles. The van der Waals surface area contributed by atoms with Gasteiger partial charge in [-0.25, -0.2) is 4.99 Å². The molecule has 1 unspecified atom stereocenters. The van der Waals surface area contributed by atoms with Crippen LogP contribution >= 0.6 is 24.0 Å². The number of carbonyl (C=O) groups is 1. The number of guanidine groups is 1. The lowest BCUT2D eigenvalue weighted by molar-refractivity contribution is -0.130. The highest BCUT2D eigenvalue weighted by molar-refractivity contribution is 14.0. The van der Waals surface area contributed by atoms with Gasteiger partial charge < -0.3 is 20.3 Å². The Bertz CT molecular complexity index is 812. The number of amides is 1. The van der Waals surface area contributed by atoms with Gasteiger partial charge in [0.2, 0.25) is 0 Å². The van der Waals surface area contributed by atoms with Gasteiger partial charge in [0.05, 0.1) is 6.54 Å². The fourth-order valence-corrected chi connectivity index (χ4v) is 2.83. The molecule has 0 fully saturated rings. The summed E-state index contributed by atoms with van der Waals surface area (Å²) >= 11 is 0. The first-order chi connectivity index (χ1) is 14.5. The van der Waals surface area contributed by atoms with Crippen LogP contribution in [0.3, 0.4) is 0 Å². The lowest BCUT2D eigenvalue weighted by atomic mass is 10.1. The van der Waals surface area contributed by atoms with Gasteiger partial charge in [0.25, 0.3) is 5.91 Å². The molecule has 0 aliphatic rings. The van der Waals surface area contributed by atoms with Crippen LogP contribution in [0.2, 0.25) is 0 Å². The quantitative estimate of drug-likeness (QED) is 0.274. The van der Waals surface area contributed by atoms with Crippen LogP contribution in [0, 0.1) is 0 Å². The van der Waals surface area contributed by atoms with Crippen molar-refractivity contribution >= 4 is 35.8 Å². The van der Waals surface area contributed by atoms with Crippen LogP contribution in [-0.2, 0) is 17.8 Å². The van der Waals surface area contributed by atoms with E-state index in [1.54, 1.807) is 14.1 Å². The number of aryl methyl sites for hydroxylation is 1. The van der Waals surface area contributed by atoms with Crippen molar-refractivity contribution in [3.05, 3.63) is 65.7 Å². The molecule has 6 nitrogen and oxygen atoms in total. The molecule has 2 N–H and O–H groups in total. The third-order valence-corrected chi connectivity index (χ3v) is 4.62. The van der Waals surface area contributed by atoms with Crippen LogP contribution in [0.1, 0.15) is 31.4 Å². The number of hydrogen-bond donors (Lipinski definition) is 2. The molecule has 170 valence electrons. The molecular weight excluding hydrogens is 503 g/mol. The number of carbonyl (C=O) groups excluding carboxylic acids is 1. The smallest absolute Gasteiger partial charge is 0.259 e.